The van der Waals surface area contributed by atoms with Crippen LogP contribution in [0.3, 0.4) is 0 Å². The first-order valence-electron chi connectivity index (χ1n) is 12.4. The number of nitrogens with zero attached hydrogens (tertiary/aromatic N) is 4. The fourth-order valence-corrected chi connectivity index (χ4v) is 4.51. The second kappa shape index (κ2) is 10.6. The Labute approximate surface area is 216 Å². The Balaban J connectivity index is 1.63. The van der Waals surface area contributed by atoms with Crippen molar-refractivity contribution < 1.29 is 23.9 Å². The average Bonchev–Trinajstić information content (AvgIpc) is 3.49. The van der Waals surface area contributed by atoms with Crippen molar-refractivity contribution in [1.82, 2.24) is 15.0 Å². The molecule has 1 heterocycles. The third-order valence-corrected chi connectivity index (χ3v) is 5.94. The molecule has 0 radical (unpaired) electrons. The molecular weight excluding hydrogens is 472 g/mol. The van der Waals surface area contributed by atoms with E-state index in [2.05, 4.69) is 15.0 Å². The van der Waals surface area contributed by atoms with Crippen molar-refractivity contribution in [2.24, 2.45) is 0 Å². The summed E-state index contributed by atoms with van der Waals surface area (Å²) in [6.07, 6.45) is 0.914. The molecule has 9 heteroatoms. The summed E-state index contributed by atoms with van der Waals surface area (Å²) in [5.74, 6) is 1.25. The Kier molecular flexibility index (Phi) is 7.50. The lowest BCUT2D eigenvalue weighted by atomic mass is 10.0. The minimum atomic E-state index is -0.638. The summed E-state index contributed by atoms with van der Waals surface area (Å²) in [7, 11) is 0. The van der Waals surface area contributed by atoms with Crippen LogP contribution in [0, 0.1) is 6.57 Å². The van der Waals surface area contributed by atoms with Gasteiger partial charge in [-0.2, -0.15) is 4.98 Å². The number of aliphatic hydroxyl groups excluding tert-OH is 1. The quantitative estimate of drug-likeness (QED) is 0.396. The van der Waals surface area contributed by atoms with Crippen LogP contribution >= 0.6 is 0 Å². The number of rotatable bonds is 7. The van der Waals surface area contributed by atoms with E-state index in [-0.39, 0.29) is 25.3 Å². The summed E-state index contributed by atoms with van der Waals surface area (Å²) in [5, 5.41) is 13.8. The number of hydrogen-bond donors (Lipinski definition) is 1. The Morgan fingerprint density at radius 1 is 1.30 bits per heavy atom. The molecule has 194 valence electrons. The van der Waals surface area contributed by atoms with Gasteiger partial charge in [0.25, 0.3) is 5.89 Å². The normalized spacial score (nSPS) is 14.8. The van der Waals surface area contributed by atoms with Gasteiger partial charge in [0.15, 0.2) is 0 Å². The van der Waals surface area contributed by atoms with E-state index in [1.807, 2.05) is 52.8 Å². The molecule has 1 aliphatic carbocycles. The van der Waals surface area contributed by atoms with Crippen LogP contribution in [-0.2, 0) is 11.2 Å². The van der Waals surface area contributed by atoms with Crippen LogP contribution in [-0.4, -0.2) is 51.1 Å². The first kappa shape index (κ1) is 26.2. The number of carbonyl (C=O) groups excluding carboxylic acids is 1. The molecule has 0 unspecified atom stereocenters. The Morgan fingerprint density at radius 2 is 2.08 bits per heavy atom. The zero-order valence-electron chi connectivity index (χ0n) is 21.8. The van der Waals surface area contributed by atoms with Crippen molar-refractivity contribution in [3.05, 3.63) is 58.9 Å². The Hall–Kier alpha value is -3.90. The molecule has 0 fully saturated rings. The van der Waals surface area contributed by atoms with Crippen LogP contribution in [0.5, 0.6) is 5.75 Å². The number of ether oxygens (including phenoxy) is 2. The summed E-state index contributed by atoms with van der Waals surface area (Å²) in [4.78, 5) is 22.7. The van der Waals surface area contributed by atoms with Gasteiger partial charge in [0.05, 0.1) is 25.3 Å². The third-order valence-electron chi connectivity index (χ3n) is 5.94. The van der Waals surface area contributed by atoms with Crippen LogP contribution in [0.1, 0.15) is 58.2 Å². The van der Waals surface area contributed by atoms with Crippen LogP contribution in [0.15, 0.2) is 40.9 Å². The first-order chi connectivity index (χ1) is 17.6. The molecule has 2 aromatic carbocycles. The lowest BCUT2D eigenvalue weighted by molar-refractivity contribution is 0.0120. The standard InChI is InChI=1S/C28H32N4O5/c1-17(2)35-24-13-10-18(16-22(24)29-6)26-30-25(31-37-26)21-9-7-8-20-19(21)11-12-23(20)32(14-15-33)27(34)36-28(3,4)5/h7-10,13,16-17,23,33H,11-12,14-15H2,1-5H3/t23-/m1/s1. The lowest BCUT2D eigenvalue weighted by Crippen LogP contribution is -2.40. The van der Waals surface area contributed by atoms with Crippen molar-refractivity contribution >= 4 is 11.8 Å². The number of amides is 1. The third kappa shape index (κ3) is 5.75. The molecule has 9 nitrogen and oxygen atoms in total. The van der Waals surface area contributed by atoms with Gasteiger partial charge in [-0.05, 0) is 76.8 Å². The van der Waals surface area contributed by atoms with Crippen molar-refractivity contribution in [2.45, 2.75) is 65.2 Å². The van der Waals surface area contributed by atoms with Crippen molar-refractivity contribution in [2.75, 3.05) is 13.2 Å². The highest BCUT2D eigenvalue weighted by molar-refractivity contribution is 5.72. The average molecular weight is 505 g/mol. The molecule has 1 aromatic heterocycles. The van der Waals surface area contributed by atoms with E-state index in [4.69, 9.17) is 20.6 Å². The van der Waals surface area contributed by atoms with E-state index >= 15 is 0 Å². The zero-order chi connectivity index (χ0) is 26.7. The van der Waals surface area contributed by atoms with Gasteiger partial charge < -0.3 is 19.1 Å². The van der Waals surface area contributed by atoms with Crippen LogP contribution in [0.4, 0.5) is 10.5 Å². The van der Waals surface area contributed by atoms with E-state index in [0.29, 0.717) is 41.6 Å². The molecule has 4 rings (SSSR count). The first-order valence-corrected chi connectivity index (χ1v) is 12.4. The number of carbonyl (C=O) groups is 1. The minimum Gasteiger partial charge on any atom is -0.502 e. The molecule has 0 saturated carbocycles. The topological polar surface area (TPSA) is 102 Å². The highest BCUT2D eigenvalue weighted by Gasteiger charge is 2.35. The summed E-state index contributed by atoms with van der Waals surface area (Å²) >= 11 is 0. The van der Waals surface area contributed by atoms with Crippen molar-refractivity contribution in [3.63, 3.8) is 0 Å². The van der Waals surface area contributed by atoms with Gasteiger partial charge in [-0.1, -0.05) is 23.4 Å². The largest absolute Gasteiger partial charge is 0.502 e. The molecule has 0 spiro atoms. The Bertz CT molecular complexity index is 1320. The highest BCUT2D eigenvalue weighted by Crippen LogP contribution is 2.41. The van der Waals surface area contributed by atoms with Gasteiger partial charge in [0.2, 0.25) is 11.5 Å². The molecule has 1 aliphatic rings. The van der Waals surface area contributed by atoms with Crippen molar-refractivity contribution in [1.29, 1.82) is 0 Å². The molecule has 37 heavy (non-hydrogen) atoms. The molecule has 3 aromatic rings. The molecule has 1 amide bonds. The minimum absolute atomic E-state index is 0.0472. The fraction of sp³-hybridized carbons (Fsp3) is 0.429. The second-order valence-corrected chi connectivity index (χ2v) is 10.2. The summed E-state index contributed by atoms with van der Waals surface area (Å²) in [6.45, 7) is 16.8. The smallest absolute Gasteiger partial charge is 0.410 e. The molecule has 1 atom stereocenters. The van der Waals surface area contributed by atoms with Crippen LogP contribution < -0.4 is 4.74 Å². The van der Waals surface area contributed by atoms with Crippen LogP contribution in [0.2, 0.25) is 0 Å². The molecule has 1 N–H and O–H groups in total. The summed E-state index contributed by atoms with van der Waals surface area (Å²) in [6, 6.07) is 10.8. The number of aliphatic hydroxyl groups is 1. The maximum Gasteiger partial charge on any atom is 0.410 e. The number of fused-ring (bicyclic) bond motifs is 1. The SMILES string of the molecule is [C-]#[N+]c1cc(-c2nc(-c3cccc4c3CC[C@H]4N(CCO)C(=O)OC(C)(C)C)no2)ccc1OC(C)C. The van der Waals surface area contributed by atoms with E-state index in [0.717, 1.165) is 16.7 Å². The van der Waals surface area contributed by atoms with E-state index in [1.165, 1.54) is 0 Å². The van der Waals surface area contributed by atoms with E-state index in [1.54, 1.807) is 23.1 Å². The fourth-order valence-electron chi connectivity index (χ4n) is 4.51. The zero-order valence-corrected chi connectivity index (χ0v) is 21.8. The van der Waals surface area contributed by atoms with Crippen molar-refractivity contribution in [3.8, 4) is 28.6 Å². The summed E-state index contributed by atoms with van der Waals surface area (Å²) in [5.41, 5.74) is 3.21. The van der Waals surface area contributed by atoms with E-state index in [9.17, 15) is 9.90 Å². The predicted molar refractivity (Wildman–Crippen MR) is 138 cm³/mol. The molecule has 0 aliphatic heterocycles. The van der Waals surface area contributed by atoms with Gasteiger partial charge in [-0.15, -0.1) is 0 Å². The van der Waals surface area contributed by atoms with Gasteiger partial charge in [-0.25, -0.2) is 9.64 Å². The highest BCUT2D eigenvalue weighted by atomic mass is 16.6. The molecular formula is C28H32N4O5. The molecule has 0 saturated heterocycles. The monoisotopic (exact) mass is 504 g/mol. The maximum atomic E-state index is 12.9. The number of aromatic nitrogens is 2. The van der Waals surface area contributed by atoms with Gasteiger partial charge in [0.1, 0.15) is 11.4 Å². The number of hydrogen-bond acceptors (Lipinski definition) is 7. The summed E-state index contributed by atoms with van der Waals surface area (Å²) < 4.78 is 16.9. The second-order valence-electron chi connectivity index (χ2n) is 10.2. The maximum absolute atomic E-state index is 12.9. The molecule has 0 bridgehead atoms. The van der Waals surface area contributed by atoms with Gasteiger partial charge in [-0.3, -0.25) is 4.90 Å². The van der Waals surface area contributed by atoms with Crippen LogP contribution in [0.25, 0.3) is 27.7 Å². The van der Waals surface area contributed by atoms with E-state index < -0.39 is 11.7 Å². The number of benzene rings is 2. The Morgan fingerprint density at radius 3 is 2.76 bits per heavy atom. The van der Waals surface area contributed by atoms with Gasteiger partial charge in [0, 0.05) is 17.7 Å². The van der Waals surface area contributed by atoms with Gasteiger partial charge >= 0.3 is 6.09 Å². The lowest BCUT2D eigenvalue weighted by Gasteiger charge is -2.31. The predicted octanol–water partition coefficient (Wildman–Crippen LogP) is 5.96.